The van der Waals surface area contributed by atoms with Crippen LogP contribution in [0, 0.1) is 0 Å². The molecule has 6 heteroatoms. The number of hydrogen-bond donors (Lipinski definition) is 0. The van der Waals surface area contributed by atoms with Crippen LogP contribution >= 0.6 is 0 Å². The molecule has 0 aliphatic carbocycles. The second-order valence-electron chi connectivity index (χ2n) is 21.3. The molecule has 0 rings (SSSR count). The van der Waals surface area contributed by atoms with Crippen molar-refractivity contribution in [2.45, 2.75) is 329 Å². The summed E-state index contributed by atoms with van der Waals surface area (Å²) in [4.78, 5) is 38.3. The maximum atomic E-state index is 12.9. The number of hydrogen-bond acceptors (Lipinski definition) is 6. The lowest BCUT2D eigenvalue weighted by Gasteiger charge is -2.18. The van der Waals surface area contributed by atoms with Crippen LogP contribution in [0.15, 0.2) is 72.9 Å². The topological polar surface area (TPSA) is 78.9 Å². The summed E-state index contributed by atoms with van der Waals surface area (Å²) in [7, 11) is 0. The summed E-state index contributed by atoms with van der Waals surface area (Å²) in [6.45, 7) is 6.53. The standard InChI is InChI=1S/C68H120O6/c1-4-7-10-13-16-19-22-25-28-31-34-37-40-43-46-49-52-55-58-61-67(70)73-64-65(63-72-66(69)60-57-54-51-48-45-42-39-36-33-30-27-24-21-18-15-12-9-6-3)74-68(71)62-59-56-53-50-47-44-41-38-35-32-29-26-23-20-17-14-11-8-5-2/h7,10,16-17,19-20,25-26,28-29,34,37,65H,4-6,8-9,11-15,18,21-24,27,30-33,35-36,38-64H2,1-3H3/b10-7-,19-16-,20-17-,28-25-,29-26-,37-34-. The molecule has 0 N–H and O–H groups in total. The minimum absolute atomic E-state index is 0.0787. The lowest BCUT2D eigenvalue weighted by Crippen LogP contribution is -2.30. The van der Waals surface area contributed by atoms with Gasteiger partial charge in [0, 0.05) is 19.3 Å². The van der Waals surface area contributed by atoms with Gasteiger partial charge in [0.2, 0.25) is 0 Å². The van der Waals surface area contributed by atoms with Gasteiger partial charge in [-0.1, -0.05) is 286 Å². The van der Waals surface area contributed by atoms with E-state index in [4.69, 9.17) is 14.2 Å². The SMILES string of the molecule is CC/C=C\C/C=C\C/C=C\C/C=C\CCCCCCCCC(=O)OCC(COC(=O)CCCCCCCCCCCCCCCCCCCC)OC(=O)CCCCCCCCCCC/C=C\C/C=C\CCCCC. The molecule has 6 nitrogen and oxygen atoms in total. The number of rotatable bonds is 58. The second-order valence-corrected chi connectivity index (χ2v) is 21.3. The molecule has 0 aromatic carbocycles. The van der Waals surface area contributed by atoms with Crippen molar-refractivity contribution in [1.29, 1.82) is 0 Å². The molecule has 0 spiro atoms. The molecule has 1 unspecified atom stereocenters. The Morgan fingerprint density at radius 1 is 0.284 bits per heavy atom. The van der Waals surface area contributed by atoms with Gasteiger partial charge in [0.1, 0.15) is 13.2 Å². The summed E-state index contributed by atoms with van der Waals surface area (Å²) in [5, 5.41) is 0. The highest BCUT2D eigenvalue weighted by Gasteiger charge is 2.19. The average Bonchev–Trinajstić information content (AvgIpc) is 3.40. The molecule has 0 radical (unpaired) electrons. The zero-order valence-electron chi connectivity index (χ0n) is 49.1. The van der Waals surface area contributed by atoms with Crippen molar-refractivity contribution in [3.8, 4) is 0 Å². The van der Waals surface area contributed by atoms with E-state index in [9.17, 15) is 14.4 Å². The molecule has 0 aliphatic rings. The number of ether oxygens (including phenoxy) is 3. The van der Waals surface area contributed by atoms with E-state index >= 15 is 0 Å². The summed E-state index contributed by atoms with van der Waals surface area (Å²) in [6, 6.07) is 0. The molecule has 0 saturated heterocycles. The molecule has 0 amide bonds. The molecule has 0 heterocycles. The highest BCUT2D eigenvalue weighted by molar-refractivity contribution is 5.71. The summed E-state index contributed by atoms with van der Waals surface area (Å²) >= 11 is 0. The van der Waals surface area contributed by atoms with Crippen molar-refractivity contribution in [2.75, 3.05) is 13.2 Å². The average molecular weight is 1030 g/mol. The number of carbonyl (C=O) groups excluding carboxylic acids is 3. The zero-order chi connectivity index (χ0) is 53.6. The molecule has 74 heavy (non-hydrogen) atoms. The first-order valence-corrected chi connectivity index (χ1v) is 31.9. The van der Waals surface area contributed by atoms with Crippen molar-refractivity contribution in [1.82, 2.24) is 0 Å². The first kappa shape index (κ1) is 70.8. The highest BCUT2D eigenvalue weighted by Crippen LogP contribution is 2.17. The van der Waals surface area contributed by atoms with E-state index in [1.165, 1.54) is 186 Å². The van der Waals surface area contributed by atoms with Crippen LogP contribution in [0.1, 0.15) is 323 Å². The Bertz CT molecular complexity index is 1370. The van der Waals surface area contributed by atoms with Crippen LogP contribution in [0.5, 0.6) is 0 Å². The third-order valence-electron chi connectivity index (χ3n) is 13.9. The minimum Gasteiger partial charge on any atom is -0.462 e. The Morgan fingerprint density at radius 2 is 0.527 bits per heavy atom. The summed E-state index contributed by atoms with van der Waals surface area (Å²) in [5.74, 6) is -0.880. The Balaban J connectivity index is 4.39. The first-order valence-electron chi connectivity index (χ1n) is 31.9. The Morgan fingerprint density at radius 3 is 0.851 bits per heavy atom. The summed E-state index contributed by atoms with van der Waals surface area (Å²) < 4.78 is 16.9. The minimum atomic E-state index is -0.784. The zero-order valence-corrected chi connectivity index (χ0v) is 49.1. The Hall–Kier alpha value is -3.15. The first-order chi connectivity index (χ1) is 36.5. The van der Waals surface area contributed by atoms with Crippen molar-refractivity contribution < 1.29 is 28.6 Å². The molecule has 428 valence electrons. The molecule has 0 aromatic rings. The largest absolute Gasteiger partial charge is 0.462 e. The van der Waals surface area contributed by atoms with Gasteiger partial charge in [-0.15, -0.1) is 0 Å². The van der Waals surface area contributed by atoms with Gasteiger partial charge in [0.05, 0.1) is 0 Å². The van der Waals surface area contributed by atoms with Crippen molar-refractivity contribution >= 4 is 17.9 Å². The Labute approximate surface area is 459 Å². The maximum Gasteiger partial charge on any atom is 0.306 e. The van der Waals surface area contributed by atoms with E-state index in [2.05, 4.69) is 93.7 Å². The van der Waals surface area contributed by atoms with Crippen LogP contribution in [0.4, 0.5) is 0 Å². The predicted molar refractivity (Wildman–Crippen MR) is 321 cm³/mol. The van der Waals surface area contributed by atoms with Gasteiger partial charge in [0.25, 0.3) is 0 Å². The molecule has 1 atom stereocenters. The van der Waals surface area contributed by atoms with E-state index in [0.29, 0.717) is 19.3 Å². The second kappa shape index (κ2) is 62.4. The van der Waals surface area contributed by atoms with Gasteiger partial charge in [-0.3, -0.25) is 14.4 Å². The van der Waals surface area contributed by atoms with Gasteiger partial charge in [-0.25, -0.2) is 0 Å². The van der Waals surface area contributed by atoms with Crippen LogP contribution in [-0.4, -0.2) is 37.2 Å². The summed E-state index contributed by atoms with van der Waals surface area (Å²) in [5.41, 5.74) is 0. The molecular weight excluding hydrogens is 913 g/mol. The molecule has 0 saturated carbocycles. The summed E-state index contributed by atoms with van der Waals surface area (Å²) in [6.07, 6.45) is 80.4. The molecule has 0 bridgehead atoms. The van der Waals surface area contributed by atoms with Crippen LogP contribution < -0.4 is 0 Å². The fourth-order valence-electron chi connectivity index (χ4n) is 9.17. The molecule has 0 aromatic heterocycles. The van der Waals surface area contributed by atoms with Gasteiger partial charge < -0.3 is 14.2 Å². The molecular formula is C68H120O6. The lowest BCUT2D eigenvalue weighted by atomic mass is 10.0. The third kappa shape index (κ3) is 59.7. The molecule has 0 fully saturated rings. The predicted octanol–water partition coefficient (Wildman–Crippen LogP) is 21.7. The van der Waals surface area contributed by atoms with Gasteiger partial charge in [-0.2, -0.15) is 0 Å². The molecule has 0 aliphatic heterocycles. The smallest absolute Gasteiger partial charge is 0.306 e. The van der Waals surface area contributed by atoms with Crippen molar-refractivity contribution in [3.05, 3.63) is 72.9 Å². The van der Waals surface area contributed by atoms with E-state index in [1.807, 2.05) is 0 Å². The normalized spacial score (nSPS) is 12.5. The van der Waals surface area contributed by atoms with Crippen LogP contribution in [0.2, 0.25) is 0 Å². The van der Waals surface area contributed by atoms with Gasteiger partial charge in [0.15, 0.2) is 6.10 Å². The fraction of sp³-hybridized carbons (Fsp3) is 0.779. The maximum absolute atomic E-state index is 12.9. The van der Waals surface area contributed by atoms with E-state index < -0.39 is 6.10 Å². The number of carbonyl (C=O) groups is 3. The van der Waals surface area contributed by atoms with Crippen molar-refractivity contribution in [3.63, 3.8) is 0 Å². The van der Waals surface area contributed by atoms with Crippen LogP contribution in [-0.2, 0) is 28.6 Å². The third-order valence-corrected chi connectivity index (χ3v) is 13.9. The number of allylic oxidation sites excluding steroid dienone is 12. The van der Waals surface area contributed by atoms with Gasteiger partial charge in [-0.05, 0) is 89.9 Å². The van der Waals surface area contributed by atoms with Crippen LogP contribution in [0.3, 0.4) is 0 Å². The quantitative estimate of drug-likeness (QED) is 0.0261. The van der Waals surface area contributed by atoms with Crippen molar-refractivity contribution in [2.24, 2.45) is 0 Å². The van der Waals surface area contributed by atoms with Crippen LogP contribution in [0.25, 0.3) is 0 Å². The Kier molecular flexibility index (Phi) is 59.7. The van der Waals surface area contributed by atoms with E-state index in [-0.39, 0.29) is 31.1 Å². The van der Waals surface area contributed by atoms with E-state index in [1.54, 1.807) is 0 Å². The van der Waals surface area contributed by atoms with E-state index in [0.717, 1.165) is 96.3 Å². The fourth-order valence-corrected chi connectivity index (χ4v) is 9.17. The number of unbranched alkanes of at least 4 members (excludes halogenated alkanes) is 35. The number of esters is 3. The lowest BCUT2D eigenvalue weighted by molar-refractivity contribution is -0.167. The monoisotopic (exact) mass is 1030 g/mol. The highest BCUT2D eigenvalue weighted by atomic mass is 16.6. The van der Waals surface area contributed by atoms with Gasteiger partial charge >= 0.3 is 17.9 Å².